The predicted molar refractivity (Wildman–Crippen MR) is 93.3 cm³/mol. The minimum atomic E-state index is -0.356. The molecular formula is C14H18BrN5OS. The number of amides is 2. The number of hydrogen-bond donors (Lipinski definition) is 2. The fraction of sp³-hybridized carbons (Fsp3) is 0.357. The first-order chi connectivity index (χ1) is 10.6. The molecule has 0 aliphatic carbocycles. The van der Waals surface area contributed by atoms with Crippen LogP contribution in [0.25, 0.3) is 0 Å². The van der Waals surface area contributed by atoms with Gasteiger partial charge in [0, 0.05) is 18.1 Å². The van der Waals surface area contributed by atoms with Crippen LogP contribution in [0.5, 0.6) is 0 Å². The first kappa shape index (κ1) is 16.9. The van der Waals surface area contributed by atoms with Gasteiger partial charge < -0.3 is 0 Å². The Morgan fingerprint density at radius 1 is 1.32 bits per heavy atom. The quantitative estimate of drug-likeness (QED) is 0.795. The van der Waals surface area contributed by atoms with Crippen LogP contribution in [0, 0.1) is 0 Å². The Balaban J connectivity index is 1.96. The minimum absolute atomic E-state index is 0.356. The van der Waals surface area contributed by atoms with Gasteiger partial charge in [0.2, 0.25) is 0 Å². The summed E-state index contributed by atoms with van der Waals surface area (Å²) >= 11 is 4.66. The van der Waals surface area contributed by atoms with Crippen molar-refractivity contribution in [3.8, 4) is 0 Å². The first-order valence-electron chi connectivity index (χ1n) is 6.97. The van der Waals surface area contributed by atoms with Gasteiger partial charge in [-0.1, -0.05) is 13.8 Å². The number of carbonyl (C=O) groups excluding carboxylic acids is 1. The highest BCUT2D eigenvalue weighted by atomic mass is 79.9. The molecular weight excluding hydrogens is 366 g/mol. The zero-order valence-electron chi connectivity index (χ0n) is 12.5. The molecule has 6 nitrogen and oxygen atoms in total. The Kier molecular flexibility index (Phi) is 6.29. The maximum atomic E-state index is 11.9. The fourth-order valence-corrected chi connectivity index (χ4v) is 2.86. The largest absolute Gasteiger partial charge is 0.326 e. The zero-order chi connectivity index (χ0) is 15.9. The van der Waals surface area contributed by atoms with E-state index in [0.717, 1.165) is 29.1 Å². The molecule has 0 radical (unpaired) electrons. The molecule has 0 aromatic carbocycles. The summed E-state index contributed by atoms with van der Waals surface area (Å²) in [5.74, 6) is 1.03. The van der Waals surface area contributed by atoms with Crippen molar-refractivity contribution in [3.05, 3.63) is 33.2 Å². The summed E-state index contributed by atoms with van der Waals surface area (Å²) in [4.78, 5) is 22.5. The van der Waals surface area contributed by atoms with Gasteiger partial charge in [0.15, 0.2) is 3.92 Å². The molecule has 2 heterocycles. The van der Waals surface area contributed by atoms with E-state index >= 15 is 0 Å². The van der Waals surface area contributed by atoms with Gasteiger partial charge >= 0.3 is 6.03 Å². The van der Waals surface area contributed by atoms with Crippen molar-refractivity contribution in [2.75, 3.05) is 23.7 Å². The summed E-state index contributed by atoms with van der Waals surface area (Å²) in [6.45, 7) is 7.07. The van der Waals surface area contributed by atoms with E-state index in [1.807, 2.05) is 12.1 Å². The highest BCUT2D eigenvalue weighted by molar-refractivity contribution is 9.11. The van der Waals surface area contributed by atoms with E-state index in [1.165, 1.54) is 11.3 Å². The molecule has 2 rings (SSSR count). The predicted octanol–water partition coefficient (Wildman–Crippen LogP) is 3.79. The third-order valence-corrected chi connectivity index (χ3v) is 4.45. The van der Waals surface area contributed by atoms with Crippen molar-refractivity contribution in [3.63, 3.8) is 0 Å². The Hall–Kier alpha value is -1.51. The van der Waals surface area contributed by atoms with E-state index < -0.39 is 0 Å². The molecule has 2 aromatic rings. The van der Waals surface area contributed by atoms with Gasteiger partial charge in [0.1, 0.15) is 11.6 Å². The molecule has 0 atom stereocenters. The maximum absolute atomic E-state index is 11.9. The van der Waals surface area contributed by atoms with E-state index in [2.05, 4.69) is 55.3 Å². The number of nitrogens with zero attached hydrogens (tertiary/aromatic N) is 3. The second kappa shape index (κ2) is 8.21. The SMILES string of the molecule is CCN(CC)Cc1ccnc(NC(=O)Nc2csc(Br)n2)c1. The molecule has 0 saturated carbocycles. The van der Waals surface area contributed by atoms with Crippen molar-refractivity contribution < 1.29 is 4.79 Å². The van der Waals surface area contributed by atoms with Gasteiger partial charge in [-0.2, -0.15) is 0 Å². The van der Waals surface area contributed by atoms with Gasteiger partial charge in [-0.05, 0) is 46.7 Å². The Labute approximate surface area is 142 Å². The lowest BCUT2D eigenvalue weighted by atomic mass is 10.2. The number of pyridine rings is 1. The lowest BCUT2D eigenvalue weighted by Crippen LogP contribution is -2.23. The normalized spacial score (nSPS) is 10.7. The molecule has 0 saturated heterocycles. The van der Waals surface area contributed by atoms with E-state index in [9.17, 15) is 4.79 Å². The van der Waals surface area contributed by atoms with Crippen molar-refractivity contribution in [1.29, 1.82) is 0 Å². The van der Waals surface area contributed by atoms with Gasteiger partial charge in [-0.25, -0.2) is 14.8 Å². The second-order valence-electron chi connectivity index (χ2n) is 4.58. The third kappa shape index (κ3) is 5.04. The van der Waals surface area contributed by atoms with Crippen LogP contribution < -0.4 is 10.6 Å². The van der Waals surface area contributed by atoms with Gasteiger partial charge in [-0.15, -0.1) is 11.3 Å². The third-order valence-electron chi connectivity index (χ3n) is 3.08. The van der Waals surface area contributed by atoms with E-state index in [0.29, 0.717) is 11.6 Å². The maximum Gasteiger partial charge on any atom is 0.326 e. The number of hydrogen-bond acceptors (Lipinski definition) is 5. The average Bonchev–Trinajstić information content (AvgIpc) is 2.90. The molecule has 0 aliphatic heterocycles. The standard InChI is InChI=1S/C14H18BrN5OS/c1-3-20(4-2)8-10-5-6-16-11(7-10)18-14(21)19-12-9-22-13(15)17-12/h5-7,9H,3-4,8H2,1-2H3,(H2,16,18,19,21). The van der Waals surface area contributed by atoms with Gasteiger partial charge in [-0.3, -0.25) is 15.5 Å². The van der Waals surface area contributed by atoms with E-state index in [4.69, 9.17) is 0 Å². The summed E-state index contributed by atoms with van der Waals surface area (Å²) < 4.78 is 0.724. The summed E-state index contributed by atoms with van der Waals surface area (Å²) in [5.41, 5.74) is 1.12. The number of urea groups is 1. The second-order valence-corrected chi connectivity index (χ2v) is 6.71. The number of anilines is 2. The number of halogens is 1. The fourth-order valence-electron chi connectivity index (χ4n) is 1.92. The molecule has 22 heavy (non-hydrogen) atoms. The van der Waals surface area contributed by atoms with Crippen LogP contribution in [0.4, 0.5) is 16.4 Å². The van der Waals surface area contributed by atoms with Gasteiger partial charge in [0.25, 0.3) is 0 Å². The number of aromatic nitrogens is 2. The molecule has 118 valence electrons. The average molecular weight is 384 g/mol. The first-order valence-corrected chi connectivity index (χ1v) is 8.64. The summed E-state index contributed by atoms with van der Waals surface area (Å²) in [6, 6.07) is 3.48. The summed E-state index contributed by atoms with van der Waals surface area (Å²) in [5, 5.41) is 7.14. The molecule has 8 heteroatoms. The van der Waals surface area contributed by atoms with E-state index in [1.54, 1.807) is 11.6 Å². The van der Waals surface area contributed by atoms with Crippen molar-refractivity contribution in [2.45, 2.75) is 20.4 Å². The summed E-state index contributed by atoms with van der Waals surface area (Å²) in [6.07, 6.45) is 1.70. The molecule has 0 bridgehead atoms. The van der Waals surface area contributed by atoms with Crippen LogP contribution in [0.2, 0.25) is 0 Å². The monoisotopic (exact) mass is 383 g/mol. The highest BCUT2D eigenvalue weighted by Crippen LogP contribution is 2.19. The number of rotatable bonds is 6. The van der Waals surface area contributed by atoms with Crippen LogP contribution in [-0.2, 0) is 6.54 Å². The van der Waals surface area contributed by atoms with Crippen molar-refractivity contribution >= 4 is 44.9 Å². The summed E-state index contributed by atoms with van der Waals surface area (Å²) in [7, 11) is 0. The molecule has 0 aliphatic rings. The van der Waals surface area contributed by atoms with Crippen LogP contribution >= 0.6 is 27.3 Å². The Morgan fingerprint density at radius 3 is 2.68 bits per heavy atom. The Morgan fingerprint density at radius 2 is 2.05 bits per heavy atom. The van der Waals surface area contributed by atoms with Crippen molar-refractivity contribution in [1.82, 2.24) is 14.9 Å². The van der Waals surface area contributed by atoms with Gasteiger partial charge in [0.05, 0.1) is 0 Å². The molecule has 0 fully saturated rings. The van der Waals surface area contributed by atoms with Crippen LogP contribution in [0.15, 0.2) is 27.6 Å². The molecule has 2 aromatic heterocycles. The topological polar surface area (TPSA) is 70.2 Å². The Bertz CT molecular complexity index is 629. The number of carbonyl (C=O) groups is 1. The minimum Gasteiger partial charge on any atom is -0.300 e. The molecule has 2 N–H and O–H groups in total. The highest BCUT2D eigenvalue weighted by Gasteiger charge is 2.08. The molecule has 0 spiro atoms. The molecule has 2 amide bonds. The van der Waals surface area contributed by atoms with Crippen LogP contribution in [0.3, 0.4) is 0 Å². The molecule has 0 unspecified atom stereocenters. The lowest BCUT2D eigenvalue weighted by Gasteiger charge is -2.18. The zero-order valence-corrected chi connectivity index (χ0v) is 14.9. The number of nitrogens with one attached hydrogen (secondary N) is 2. The van der Waals surface area contributed by atoms with Crippen molar-refractivity contribution in [2.24, 2.45) is 0 Å². The van der Waals surface area contributed by atoms with E-state index in [-0.39, 0.29) is 6.03 Å². The van der Waals surface area contributed by atoms with Crippen LogP contribution in [0.1, 0.15) is 19.4 Å². The smallest absolute Gasteiger partial charge is 0.300 e. The lowest BCUT2D eigenvalue weighted by molar-refractivity contribution is 0.262. The number of thiazole rings is 1. The van der Waals surface area contributed by atoms with Crippen LogP contribution in [-0.4, -0.2) is 34.0 Å².